The van der Waals surface area contributed by atoms with Crippen LogP contribution in [0.5, 0.6) is 0 Å². The van der Waals surface area contributed by atoms with E-state index in [4.69, 9.17) is 42.6 Å². The second-order valence-corrected chi connectivity index (χ2v) is 14.7. The van der Waals surface area contributed by atoms with Gasteiger partial charge in [0.1, 0.15) is 122 Å². The van der Waals surface area contributed by atoms with Crippen LogP contribution in [-0.4, -0.2) is 274 Å². The number of rotatable bonds is 14. The molecule has 27 nitrogen and oxygen atoms in total. The van der Waals surface area contributed by atoms with E-state index in [1.165, 1.54) is 0 Å². The SMILES string of the molecule is CC(=O)N[C@@H]1[C@@H](O[C@@H]2O[C@H](CO)[C@@H](O)[C@H](O[C@H]3O[C@H](CO)[C@@H](O)[C@H](O)[C@H]3O)[C@@H]2O[C@H]2O[C@H](CO)[C@@H](O)[C@H](O)[C@@H]2O[C@H]2O[C@H](CO)[C@@H](O)[C@H](O)[C@@H]2O)[C@H](O)[C@@H](CO)O[C@@H]1O. The van der Waals surface area contributed by atoms with Gasteiger partial charge in [-0.1, -0.05) is 0 Å². The van der Waals surface area contributed by atoms with E-state index in [9.17, 15) is 86.5 Å². The summed E-state index contributed by atoms with van der Waals surface area (Å²) in [6, 6.07) is -1.65. The first-order chi connectivity index (χ1) is 27.9. The van der Waals surface area contributed by atoms with Gasteiger partial charge in [0.2, 0.25) is 5.91 Å². The molecule has 59 heavy (non-hydrogen) atoms. The lowest BCUT2D eigenvalue weighted by molar-refractivity contribution is -0.412. The molecular formula is C32H55NO26. The van der Waals surface area contributed by atoms with Crippen LogP contribution in [0.15, 0.2) is 0 Å². The predicted octanol–water partition coefficient (Wildman–Crippen LogP) is -11.8. The van der Waals surface area contributed by atoms with Gasteiger partial charge < -0.3 is 130 Å². The molecule has 344 valence electrons. The number of hydrogen-bond donors (Lipinski definition) is 17. The van der Waals surface area contributed by atoms with Crippen LogP contribution in [0.1, 0.15) is 6.92 Å². The molecular weight excluding hydrogens is 814 g/mol. The standard InChI is InChI=1S/C32H55NO26/c1-7(39)33-13-24(17(43)11(5-37)51-28(13)50)56-32-27(25(18(44)12(6-38)55-32)57-29-22(48)19(45)14(40)8(2-34)52-29)59-31-26(21(47)16(42)10(4-36)54-31)58-30-23(49)20(46)15(41)9(3-35)53-30/h8-32,34-38,40-50H,2-6H2,1H3,(H,33,39)/t8-,9-,10-,11-,12-,13-,14-,15-,16-,17-,18-,19+,20+,21+,22-,23+,24-,25+,26+,27+,28+,29-,30-,31-,32+/m1/s1. The maximum absolute atomic E-state index is 12.2. The summed E-state index contributed by atoms with van der Waals surface area (Å²) in [4.78, 5) is 12.2. The fourth-order valence-electron chi connectivity index (χ4n) is 7.38. The molecule has 0 spiro atoms. The molecule has 0 aromatic heterocycles. The maximum atomic E-state index is 12.2. The first kappa shape index (κ1) is 48.5. The van der Waals surface area contributed by atoms with Crippen LogP contribution in [0.4, 0.5) is 0 Å². The van der Waals surface area contributed by atoms with Crippen molar-refractivity contribution in [1.82, 2.24) is 5.32 Å². The van der Waals surface area contributed by atoms with Crippen LogP contribution in [-0.2, 0) is 47.4 Å². The van der Waals surface area contributed by atoms with Gasteiger partial charge in [0, 0.05) is 6.92 Å². The van der Waals surface area contributed by atoms with Crippen LogP contribution >= 0.6 is 0 Å². The van der Waals surface area contributed by atoms with E-state index in [-0.39, 0.29) is 0 Å². The number of carbonyl (C=O) groups is 1. The summed E-state index contributed by atoms with van der Waals surface area (Å²) >= 11 is 0. The minimum Gasteiger partial charge on any atom is -0.394 e. The molecule has 1 amide bonds. The smallest absolute Gasteiger partial charge is 0.217 e. The summed E-state index contributed by atoms with van der Waals surface area (Å²) in [6.45, 7) is -3.75. The summed E-state index contributed by atoms with van der Waals surface area (Å²) in [5.74, 6) is -0.780. The summed E-state index contributed by atoms with van der Waals surface area (Å²) in [5, 5.41) is 171. The summed E-state index contributed by atoms with van der Waals surface area (Å²) < 4.78 is 51.4. The molecule has 0 aromatic rings. The number of nitrogens with one attached hydrogen (secondary N) is 1. The maximum Gasteiger partial charge on any atom is 0.217 e. The minimum absolute atomic E-state index is 0.780. The van der Waals surface area contributed by atoms with Gasteiger partial charge in [0.05, 0.1) is 33.0 Å². The van der Waals surface area contributed by atoms with E-state index >= 15 is 0 Å². The van der Waals surface area contributed by atoms with Gasteiger partial charge in [0.15, 0.2) is 31.5 Å². The van der Waals surface area contributed by atoms with Crippen molar-refractivity contribution in [3.05, 3.63) is 0 Å². The molecule has 5 saturated heterocycles. The molecule has 27 heteroatoms. The largest absolute Gasteiger partial charge is 0.394 e. The second-order valence-electron chi connectivity index (χ2n) is 14.7. The van der Waals surface area contributed by atoms with Crippen LogP contribution in [0, 0.1) is 0 Å². The van der Waals surface area contributed by atoms with Gasteiger partial charge in [-0.25, -0.2) is 0 Å². The molecule has 0 radical (unpaired) electrons. The zero-order valence-corrected chi connectivity index (χ0v) is 31.2. The van der Waals surface area contributed by atoms with E-state index < -0.39 is 192 Å². The van der Waals surface area contributed by atoms with Crippen molar-refractivity contribution in [3.8, 4) is 0 Å². The van der Waals surface area contributed by atoms with Crippen molar-refractivity contribution in [2.24, 2.45) is 0 Å². The molecule has 0 saturated carbocycles. The summed E-state index contributed by atoms with van der Waals surface area (Å²) in [6.07, 6.45) is -46.6. The molecule has 25 atom stereocenters. The minimum atomic E-state index is -2.15. The molecule has 5 rings (SSSR count). The number of aliphatic hydroxyl groups is 16. The third-order valence-electron chi connectivity index (χ3n) is 10.7. The zero-order valence-electron chi connectivity index (χ0n) is 31.2. The number of carbonyl (C=O) groups excluding carboxylic acids is 1. The topological polar surface area (TPSA) is 436 Å². The Balaban J connectivity index is 1.57. The number of ether oxygens (including phenoxy) is 9. The number of aliphatic hydroxyl groups excluding tert-OH is 16. The monoisotopic (exact) mass is 869 g/mol. The highest BCUT2D eigenvalue weighted by Gasteiger charge is 2.58. The van der Waals surface area contributed by atoms with Gasteiger partial charge in [-0.15, -0.1) is 0 Å². The highest BCUT2D eigenvalue weighted by atomic mass is 16.8. The molecule has 5 aliphatic heterocycles. The quantitative estimate of drug-likeness (QED) is 0.0770. The normalized spacial score (nSPS) is 51.0. The third-order valence-corrected chi connectivity index (χ3v) is 10.7. The first-order valence-electron chi connectivity index (χ1n) is 18.6. The van der Waals surface area contributed by atoms with Crippen LogP contribution in [0.25, 0.3) is 0 Å². The van der Waals surface area contributed by atoms with Gasteiger partial charge >= 0.3 is 0 Å². The Bertz CT molecular complexity index is 1320. The number of hydrogen-bond acceptors (Lipinski definition) is 26. The lowest BCUT2D eigenvalue weighted by Crippen LogP contribution is -2.70. The Kier molecular flexibility index (Phi) is 17.1. The van der Waals surface area contributed by atoms with Crippen molar-refractivity contribution in [2.45, 2.75) is 160 Å². The Morgan fingerprint density at radius 2 is 0.746 bits per heavy atom. The van der Waals surface area contributed by atoms with Gasteiger partial charge in [-0.2, -0.15) is 0 Å². The molecule has 5 fully saturated rings. The Morgan fingerprint density at radius 1 is 0.407 bits per heavy atom. The predicted molar refractivity (Wildman–Crippen MR) is 178 cm³/mol. The van der Waals surface area contributed by atoms with Crippen molar-refractivity contribution >= 4 is 5.91 Å². The van der Waals surface area contributed by atoms with Crippen LogP contribution < -0.4 is 5.32 Å². The highest BCUT2D eigenvalue weighted by Crippen LogP contribution is 2.37. The fraction of sp³-hybridized carbons (Fsp3) is 0.969. The molecule has 5 heterocycles. The van der Waals surface area contributed by atoms with Gasteiger partial charge in [0.25, 0.3) is 0 Å². The van der Waals surface area contributed by atoms with Crippen LogP contribution in [0.2, 0.25) is 0 Å². The second kappa shape index (κ2) is 20.8. The molecule has 0 aromatic carbocycles. The number of amides is 1. The Labute approximate surface area is 333 Å². The highest BCUT2D eigenvalue weighted by molar-refractivity contribution is 5.73. The van der Waals surface area contributed by atoms with Crippen LogP contribution in [0.3, 0.4) is 0 Å². The average Bonchev–Trinajstić information content (AvgIpc) is 3.21. The zero-order chi connectivity index (χ0) is 43.6. The van der Waals surface area contributed by atoms with E-state index in [1.807, 2.05) is 0 Å². The molecule has 0 aliphatic carbocycles. The van der Waals surface area contributed by atoms with Crippen molar-refractivity contribution < 1.29 is 129 Å². The first-order valence-corrected chi connectivity index (χ1v) is 18.6. The van der Waals surface area contributed by atoms with Crippen molar-refractivity contribution in [3.63, 3.8) is 0 Å². The van der Waals surface area contributed by atoms with E-state index in [0.717, 1.165) is 6.92 Å². The summed E-state index contributed by atoms with van der Waals surface area (Å²) in [5.41, 5.74) is 0. The van der Waals surface area contributed by atoms with E-state index in [1.54, 1.807) is 0 Å². The molecule has 0 unspecified atom stereocenters. The molecule has 5 aliphatic rings. The lowest BCUT2D eigenvalue weighted by Gasteiger charge is -2.51. The Hall–Kier alpha value is -1.53. The average molecular weight is 870 g/mol. The van der Waals surface area contributed by atoms with Crippen molar-refractivity contribution in [1.29, 1.82) is 0 Å². The third kappa shape index (κ3) is 10.2. The summed E-state index contributed by atoms with van der Waals surface area (Å²) in [7, 11) is 0. The van der Waals surface area contributed by atoms with E-state index in [2.05, 4.69) is 5.32 Å². The Morgan fingerprint density at radius 3 is 1.20 bits per heavy atom. The molecule has 0 bridgehead atoms. The van der Waals surface area contributed by atoms with E-state index in [0.29, 0.717) is 0 Å². The molecule has 17 N–H and O–H groups in total. The fourth-order valence-corrected chi connectivity index (χ4v) is 7.38. The van der Waals surface area contributed by atoms with Gasteiger partial charge in [-0.3, -0.25) is 4.79 Å². The van der Waals surface area contributed by atoms with Gasteiger partial charge in [-0.05, 0) is 0 Å². The van der Waals surface area contributed by atoms with Crippen molar-refractivity contribution in [2.75, 3.05) is 33.0 Å². The lowest BCUT2D eigenvalue weighted by atomic mass is 9.94.